The van der Waals surface area contributed by atoms with Crippen LogP contribution < -0.4 is 10.1 Å². The quantitative estimate of drug-likeness (QED) is 0.789. The second-order valence-electron chi connectivity index (χ2n) is 4.26. The molecule has 0 fully saturated rings. The van der Waals surface area contributed by atoms with Crippen molar-refractivity contribution in [2.75, 3.05) is 33.4 Å². The first-order valence-corrected chi connectivity index (χ1v) is 6.30. The molecule has 4 heteroatoms. The number of nitrogens with one attached hydrogen (secondary N) is 1. The average Bonchev–Trinajstić information content (AvgIpc) is 2.73. The number of halogens is 1. The highest BCUT2D eigenvalue weighted by atomic mass is 35.5. The molecule has 3 nitrogen and oxygen atoms in total. The maximum absolute atomic E-state index is 6.05. The number of hydrogen-bond acceptors (Lipinski definition) is 3. The van der Waals surface area contributed by atoms with Crippen molar-refractivity contribution in [2.45, 2.75) is 11.3 Å². The Labute approximate surface area is 107 Å². The summed E-state index contributed by atoms with van der Waals surface area (Å²) in [4.78, 5) is 0. The van der Waals surface area contributed by atoms with E-state index in [0.717, 1.165) is 25.4 Å². The van der Waals surface area contributed by atoms with E-state index < -0.39 is 0 Å². The van der Waals surface area contributed by atoms with Gasteiger partial charge < -0.3 is 14.8 Å². The zero-order chi connectivity index (χ0) is 12.1. The molecule has 0 amide bonds. The Balaban J connectivity index is 1.78. The number of methoxy groups -OCH3 is 1. The number of fused-ring (bicyclic) bond motifs is 1. The molecule has 1 heterocycles. The minimum atomic E-state index is 0.0255. The van der Waals surface area contributed by atoms with Crippen molar-refractivity contribution >= 4 is 11.6 Å². The molecule has 2 rings (SSSR count). The lowest BCUT2D eigenvalue weighted by Crippen LogP contribution is -2.30. The highest BCUT2D eigenvalue weighted by Crippen LogP contribution is 2.32. The lowest BCUT2D eigenvalue weighted by molar-refractivity contribution is 0.196. The summed E-state index contributed by atoms with van der Waals surface area (Å²) in [5.74, 6) is 1.44. The third kappa shape index (κ3) is 3.35. The SMILES string of the molecule is COCC(Cl)CNCC1COc2ccccc21. The van der Waals surface area contributed by atoms with E-state index in [2.05, 4.69) is 17.4 Å². The fourth-order valence-electron chi connectivity index (χ4n) is 2.05. The summed E-state index contributed by atoms with van der Waals surface area (Å²) in [5, 5.41) is 3.39. The van der Waals surface area contributed by atoms with Gasteiger partial charge in [0, 0.05) is 31.7 Å². The predicted octanol–water partition coefficient (Wildman–Crippen LogP) is 2.01. The molecule has 94 valence electrons. The summed E-state index contributed by atoms with van der Waals surface area (Å²) in [6, 6.07) is 8.20. The molecule has 1 N–H and O–H groups in total. The molecule has 1 aliphatic heterocycles. The van der Waals surface area contributed by atoms with Gasteiger partial charge in [-0.1, -0.05) is 18.2 Å². The number of alkyl halides is 1. The Morgan fingerprint density at radius 3 is 3.18 bits per heavy atom. The maximum Gasteiger partial charge on any atom is 0.122 e. The summed E-state index contributed by atoms with van der Waals surface area (Å²) in [6.07, 6.45) is 0. The van der Waals surface area contributed by atoms with Crippen LogP contribution in [0.15, 0.2) is 24.3 Å². The largest absolute Gasteiger partial charge is 0.493 e. The molecule has 0 saturated carbocycles. The summed E-state index contributed by atoms with van der Waals surface area (Å²) in [5.41, 5.74) is 1.29. The first-order valence-electron chi connectivity index (χ1n) is 5.86. The molecular formula is C13H18ClNO2. The second kappa shape index (κ2) is 6.24. The minimum Gasteiger partial charge on any atom is -0.493 e. The van der Waals surface area contributed by atoms with Crippen LogP contribution in [0.4, 0.5) is 0 Å². The lowest BCUT2D eigenvalue weighted by Gasteiger charge is -2.13. The monoisotopic (exact) mass is 255 g/mol. The summed E-state index contributed by atoms with van der Waals surface area (Å²) in [6.45, 7) is 2.98. The Hall–Kier alpha value is -0.770. The van der Waals surface area contributed by atoms with Crippen LogP contribution in [0.2, 0.25) is 0 Å². The van der Waals surface area contributed by atoms with Crippen LogP contribution in [-0.2, 0) is 4.74 Å². The van der Waals surface area contributed by atoms with Crippen molar-refractivity contribution < 1.29 is 9.47 Å². The number of rotatable bonds is 6. The van der Waals surface area contributed by atoms with Gasteiger partial charge >= 0.3 is 0 Å². The van der Waals surface area contributed by atoms with Gasteiger partial charge in [-0.05, 0) is 6.07 Å². The van der Waals surface area contributed by atoms with Crippen LogP contribution in [0.3, 0.4) is 0 Å². The molecule has 0 radical (unpaired) electrons. The molecule has 0 spiro atoms. The van der Waals surface area contributed by atoms with Gasteiger partial charge in [0.25, 0.3) is 0 Å². The zero-order valence-electron chi connectivity index (χ0n) is 9.99. The summed E-state index contributed by atoms with van der Waals surface area (Å²) < 4.78 is 10.6. The van der Waals surface area contributed by atoms with Crippen molar-refractivity contribution in [1.29, 1.82) is 0 Å². The highest BCUT2D eigenvalue weighted by Gasteiger charge is 2.23. The van der Waals surface area contributed by atoms with E-state index in [4.69, 9.17) is 21.1 Å². The molecule has 0 saturated heterocycles. The Bertz CT molecular complexity index is 359. The van der Waals surface area contributed by atoms with E-state index in [1.165, 1.54) is 5.56 Å². The van der Waals surface area contributed by atoms with Gasteiger partial charge in [-0.2, -0.15) is 0 Å². The van der Waals surface area contributed by atoms with Gasteiger partial charge in [-0.15, -0.1) is 11.6 Å². The molecule has 1 aliphatic rings. The van der Waals surface area contributed by atoms with Crippen LogP contribution in [-0.4, -0.2) is 38.8 Å². The molecule has 17 heavy (non-hydrogen) atoms. The maximum atomic E-state index is 6.05. The Morgan fingerprint density at radius 1 is 1.53 bits per heavy atom. The van der Waals surface area contributed by atoms with Crippen LogP contribution >= 0.6 is 11.6 Å². The first-order chi connectivity index (χ1) is 8.31. The van der Waals surface area contributed by atoms with E-state index in [0.29, 0.717) is 12.5 Å². The predicted molar refractivity (Wildman–Crippen MR) is 69.1 cm³/mol. The van der Waals surface area contributed by atoms with Crippen molar-refractivity contribution in [1.82, 2.24) is 5.32 Å². The molecule has 0 bridgehead atoms. The third-order valence-corrected chi connectivity index (χ3v) is 3.18. The van der Waals surface area contributed by atoms with Crippen molar-refractivity contribution in [3.63, 3.8) is 0 Å². The Morgan fingerprint density at radius 2 is 2.35 bits per heavy atom. The van der Waals surface area contributed by atoms with Crippen LogP contribution in [0.1, 0.15) is 11.5 Å². The normalized spacial score (nSPS) is 19.8. The summed E-state index contributed by atoms with van der Waals surface area (Å²) in [7, 11) is 1.66. The highest BCUT2D eigenvalue weighted by molar-refractivity contribution is 6.20. The number of para-hydroxylation sites is 1. The minimum absolute atomic E-state index is 0.0255. The smallest absolute Gasteiger partial charge is 0.122 e. The zero-order valence-corrected chi connectivity index (χ0v) is 10.7. The van der Waals surface area contributed by atoms with E-state index in [1.807, 2.05) is 12.1 Å². The molecule has 2 unspecified atom stereocenters. The summed E-state index contributed by atoms with van der Waals surface area (Å²) >= 11 is 6.05. The fraction of sp³-hybridized carbons (Fsp3) is 0.538. The topological polar surface area (TPSA) is 30.5 Å². The van der Waals surface area contributed by atoms with Crippen molar-refractivity contribution in [3.05, 3.63) is 29.8 Å². The molecule has 2 atom stereocenters. The third-order valence-electron chi connectivity index (χ3n) is 2.90. The number of benzene rings is 1. The van der Waals surface area contributed by atoms with E-state index >= 15 is 0 Å². The van der Waals surface area contributed by atoms with Gasteiger partial charge in [-0.25, -0.2) is 0 Å². The Kier molecular flexibility index (Phi) is 4.66. The molecular weight excluding hydrogens is 238 g/mol. The van der Waals surface area contributed by atoms with Gasteiger partial charge in [0.05, 0.1) is 18.6 Å². The van der Waals surface area contributed by atoms with Gasteiger partial charge in [0.15, 0.2) is 0 Å². The standard InChI is InChI=1S/C13H18ClNO2/c1-16-9-11(14)7-15-6-10-8-17-13-5-3-2-4-12(10)13/h2-5,10-11,15H,6-9H2,1H3. The molecule has 1 aromatic rings. The van der Waals surface area contributed by atoms with Gasteiger partial charge in [-0.3, -0.25) is 0 Å². The second-order valence-corrected chi connectivity index (χ2v) is 4.87. The van der Waals surface area contributed by atoms with Crippen molar-refractivity contribution in [2.24, 2.45) is 0 Å². The van der Waals surface area contributed by atoms with Gasteiger partial charge in [0.2, 0.25) is 0 Å². The lowest BCUT2D eigenvalue weighted by atomic mass is 10.0. The van der Waals surface area contributed by atoms with Crippen LogP contribution in [0.5, 0.6) is 5.75 Å². The molecule has 0 aliphatic carbocycles. The van der Waals surface area contributed by atoms with Crippen LogP contribution in [0.25, 0.3) is 0 Å². The van der Waals surface area contributed by atoms with E-state index in [-0.39, 0.29) is 5.38 Å². The van der Waals surface area contributed by atoms with Crippen molar-refractivity contribution in [3.8, 4) is 5.75 Å². The van der Waals surface area contributed by atoms with Crippen LogP contribution in [0, 0.1) is 0 Å². The fourth-order valence-corrected chi connectivity index (χ4v) is 2.29. The molecule has 1 aromatic carbocycles. The number of ether oxygens (including phenoxy) is 2. The first kappa shape index (κ1) is 12.7. The van der Waals surface area contributed by atoms with Gasteiger partial charge in [0.1, 0.15) is 5.75 Å². The van der Waals surface area contributed by atoms with E-state index in [1.54, 1.807) is 7.11 Å². The number of hydrogen-bond donors (Lipinski definition) is 1. The molecule has 0 aromatic heterocycles. The van der Waals surface area contributed by atoms with E-state index in [9.17, 15) is 0 Å². The average molecular weight is 256 g/mol.